The van der Waals surface area contributed by atoms with Crippen molar-refractivity contribution in [2.24, 2.45) is 0 Å². The highest BCUT2D eigenvalue weighted by Gasteiger charge is 2.10. The van der Waals surface area contributed by atoms with E-state index in [0.29, 0.717) is 11.1 Å². The molecule has 0 aliphatic heterocycles. The molecular weight excluding hydrogens is 330 g/mol. The summed E-state index contributed by atoms with van der Waals surface area (Å²) in [7, 11) is 0. The van der Waals surface area contributed by atoms with Gasteiger partial charge in [-0.05, 0) is 46.4 Å². The van der Waals surface area contributed by atoms with Crippen molar-refractivity contribution in [3.63, 3.8) is 0 Å². The first-order chi connectivity index (χ1) is 8.16. The summed E-state index contributed by atoms with van der Waals surface area (Å²) in [5.74, 6) is -0.293. The molecule has 0 spiro atoms. The number of carbonyl (C=O) groups is 1. The van der Waals surface area contributed by atoms with E-state index in [1.165, 1.54) is 12.1 Å². The molecule has 2 rings (SSSR count). The molecule has 0 aliphatic carbocycles. The maximum Gasteiger partial charge on any atom is 0.168 e. The number of ketones is 1. The molecule has 0 bridgehead atoms. The van der Waals surface area contributed by atoms with Crippen molar-refractivity contribution < 1.29 is 9.18 Å². The molecule has 0 aromatic heterocycles. The molecular formula is C14H10FIO. The fourth-order valence-electron chi connectivity index (χ4n) is 1.61. The van der Waals surface area contributed by atoms with Crippen LogP contribution >= 0.6 is 22.6 Å². The second kappa shape index (κ2) is 5.40. The van der Waals surface area contributed by atoms with E-state index in [9.17, 15) is 9.18 Å². The summed E-state index contributed by atoms with van der Waals surface area (Å²) >= 11 is 2.13. The van der Waals surface area contributed by atoms with Gasteiger partial charge in [-0.15, -0.1) is 0 Å². The Balaban J connectivity index is 2.20. The van der Waals surface area contributed by atoms with E-state index in [1.807, 2.05) is 18.2 Å². The molecule has 2 aromatic carbocycles. The summed E-state index contributed by atoms with van der Waals surface area (Å²) in [4.78, 5) is 12.0. The standard InChI is InChI=1S/C14H10FIO/c15-11-5-3-4-10(8-11)9-14(17)12-6-1-2-7-13(12)16/h1-8H,9H2. The highest BCUT2D eigenvalue weighted by molar-refractivity contribution is 14.1. The van der Waals surface area contributed by atoms with Gasteiger partial charge in [-0.25, -0.2) is 4.39 Å². The van der Waals surface area contributed by atoms with Crippen molar-refractivity contribution in [2.45, 2.75) is 6.42 Å². The molecule has 0 N–H and O–H groups in total. The number of hydrogen-bond acceptors (Lipinski definition) is 1. The van der Waals surface area contributed by atoms with E-state index in [0.717, 1.165) is 3.57 Å². The lowest BCUT2D eigenvalue weighted by Gasteiger charge is -2.03. The Bertz CT molecular complexity index is 551. The van der Waals surface area contributed by atoms with Gasteiger partial charge >= 0.3 is 0 Å². The molecule has 2 aromatic rings. The van der Waals surface area contributed by atoms with Crippen molar-refractivity contribution in [2.75, 3.05) is 0 Å². The average molecular weight is 340 g/mol. The fourth-order valence-corrected chi connectivity index (χ4v) is 2.30. The van der Waals surface area contributed by atoms with Crippen LogP contribution in [0.15, 0.2) is 48.5 Å². The second-order valence-corrected chi connectivity index (χ2v) is 4.87. The summed E-state index contributed by atoms with van der Waals surface area (Å²) in [6.45, 7) is 0. The first-order valence-corrected chi connectivity index (χ1v) is 6.27. The number of rotatable bonds is 3. The lowest BCUT2D eigenvalue weighted by Crippen LogP contribution is -2.05. The smallest absolute Gasteiger partial charge is 0.168 e. The van der Waals surface area contributed by atoms with E-state index in [-0.39, 0.29) is 18.0 Å². The minimum absolute atomic E-state index is 0.0144. The zero-order valence-electron chi connectivity index (χ0n) is 8.99. The van der Waals surface area contributed by atoms with Crippen LogP contribution in [0.3, 0.4) is 0 Å². The number of hydrogen-bond donors (Lipinski definition) is 0. The summed E-state index contributed by atoms with van der Waals surface area (Å²) in [6.07, 6.45) is 0.234. The predicted octanol–water partition coefficient (Wildman–Crippen LogP) is 3.86. The zero-order chi connectivity index (χ0) is 12.3. The number of benzene rings is 2. The van der Waals surface area contributed by atoms with Crippen LogP contribution in [0.4, 0.5) is 4.39 Å². The lowest BCUT2D eigenvalue weighted by molar-refractivity contribution is 0.0992. The highest BCUT2D eigenvalue weighted by atomic mass is 127. The molecule has 0 radical (unpaired) electrons. The maximum atomic E-state index is 13.0. The molecule has 0 aliphatic rings. The highest BCUT2D eigenvalue weighted by Crippen LogP contribution is 2.15. The molecule has 0 saturated carbocycles. The molecule has 0 heterocycles. The van der Waals surface area contributed by atoms with Gasteiger partial charge in [0, 0.05) is 15.6 Å². The van der Waals surface area contributed by atoms with Crippen LogP contribution in [0, 0.1) is 9.39 Å². The van der Waals surface area contributed by atoms with Gasteiger partial charge in [0.1, 0.15) is 5.82 Å². The van der Waals surface area contributed by atoms with Gasteiger partial charge in [0.15, 0.2) is 5.78 Å². The van der Waals surface area contributed by atoms with Gasteiger partial charge in [-0.2, -0.15) is 0 Å². The summed E-state index contributed by atoms with van der Waals surface area (Å²) in [5, 5.41) is 0. The van der Waals surface area contributed by atoms with Gasteiger partial charge in [-0.1, -0.05) is 30.3 Å². The minimum atomic E-state index is -0.307. The first-order valence-electron chi connectivity index (χ1n) is 5.19. The summed E-state index contributed by atoms with van der Waals surface area (Å²) < 4.78 is 13.9. The largest absolute Gasteiger partial charge is 0.294 e. The van der Waals surface area contributed by atoms with Crippen LogP contribution in [0.2, 0.25) is 0 Å². The number of carbonyl (C=O) groups excluding carboxylic acids is 1. The van der Waals surface area contributed by atoms with E-state index in [1.54, 1.807) is 18.2 Å². The molecule has 3 heteroatoms. The molecule has 0 unspecified atom stereocenters. The van der Waals surface area contributed by atoms with Gasteiger partial charge in [0.25, 0.3) is 0 Å². The average Bonchev–Trinajstić information content (AvgIpc) is 2.29. The first kappa shape index (κ1) is 12.2. The summed E-state index contributed by atoms with van der Waals surface area (Å²) in [6, 6.07) is 13.6. The van der Waals surface area contributed by atoms with Gasteiger partial charge < -0.3 is 0 Å². The third-order valence-electron chi connectivity index (χ3n) is 2.43. The SMILES string of the molecule is O=C(Cc1cccc(F)c1)c1ccccc1I. The molecule has 1 nitrogen and oxygen atoms in total. The topological polar surface area (TPSA) is 17.1 Å². The van der Waals surface area contributed by atoms with Crippen molar-refractivity contribution in [1.29, 1.82) is 0 Å². The maximum absolute atomic E-state index is 13.0. The molecule has 0 fully saturated rings. The van der Waals surface area contributed by atoms with Crippen molar-refractivity contribution in [3.8, 4) is 0 Å². The number of halogens is 2. The Morgan fingerprint density at radius 3 is 2.59 bits per heavy atom. The van der Waals surface area contributed by atoms with Crippen LogP contribution < -0.4 is 0 Å². The van der Waals surface area contributed by atoms with E-state index in [2.05, 4.69) is 22.6 Å². The van der Waals surface area contributed by atoms with Crippen molar-refractivity contribution in [3.05, 3.63) is 69.0 Å². The molecule has 0 atom stereocenters. The fraction of sp³-hybridized carbons (Fsp3) is 0.0714. The van der Waals surface area contributed by atoms with Gasteiger partial charge in [0.2, 0.25) is 0 Å². The third-order valence-corrected chi connectivity index (χ3v) is 3.37. The second-order valence-electron chi connectivity index (χ2n) is 3.71. The van der Waals surface area contributed by atoms with Crippen LogP contribution in [-0.2, 0) is 6.42 Å². The Kier molecular flexibility index (Phi) is 3.89. The molecule has 0 amide bonds. The zero-order valence-corrected chi connectivity index (χ0v) is 11.1. The monoisotopic (exact) mass is 340 g/mol. The van der Waals surface area contributed by atoms with Crippen LogP contribution in [0.5, 0.6) is 0 Å². The van der Waals surface area contributed by atoms with Gasteiger partial charge in [-0.3, -0.25) is 4.79 Å². The minimum Gasteiger partial charge on any atom is -0.294 e. The van der Waals surface area contributed by atoms with Crippen LogP contribution in [0.25, 0.3) is 0 Å². The Morgan fingerprint density at radius 1 is 1.12 bits per heavy atom. The third kappa shape index (κ3) is 3.12. The van der Waals surface area contributed by atoms with Crippen LogP contribution in [0.1, 0.15) is 15.9 Å². The Morgan fingerprint density at radius 2 is 1.88 bits per heavy atom. The van der Waals surface area contributed by atoms with Gasteiger partial charge in [0.05, 0.1) is 0 Å². The van der Waals surface area contributed by atoms with Crippen LogP contribution in [-0.4, -0.2) is 5.78 Å². The molecule has 0 saturated heterocycles. The van der Waals surface area contributed by atoms with Crippen molar-refractivity contribution >= 4 is 28.4 Å². The van der Waals surface area contributed by atoms with E-state index < -0.39 is 0 Å². The van der Waals surface area contributed by atoms with Crippen molar-refractivity contribution in [1.82, 2.24) is 0 Å². The predicted molar refractivity (Wildman–Crippen MR) is 73.6 cm³/mol. The van der Waals surface area contributed by atoms with E-state index in [4.69, 9.17) is 0 Å². The normalized spacial score (nSPS) is 10.2. The quantitative estimate of drug-likeness (QED) is 0.613. The Hall–Kier alpha value is -1.23. The molecule has 86 valence electrons. The number of Topliss-reactive ketones (excluding diaryl/α,β-unsaturated/α-hetero) is 1. The summed E-state index contributed by atoms with van der Waals surface area (Å²) in [5.41, 5.74) is 1.40. The Labute approximate surface area is 113 Å². The lowest BCUT2D eigenvalue weighted by atomic mass is 10.0. The van der Waals surface area contributed by atoms with E-state index >= 15 is 0 Å². The molecule has 17 heavy (non-hydrogen) atoms.